The van der Waals surface area contributed by atoms with Gasteiger partial charge in [0.05, 0.1) is 12.3 Å². The van der Waals surface area contributed by atoms with Crippen molar-refractivity contribution in [2.75, 3.05) is 7.05 Å². The van der Waals surface area contributed by atoms with Crippen LogP contribution in [0.15, 0.2) is 0 Å². The second-order valence-corrected chi connectivity index (χ2v) is 1.27. The molecule has 0 fully saturated rings. The Labute approximate surface area is 85.8 Å². The van der Waals surface area contributed by atoms with Gasteiger partial charge in [0.2, 0.25) is 5.91 Å². The molecule has 0 aliphatic heterocycles. The summed E-state index contributed by atoms with van der Waals surface area (Å²) in [5.74, 6) is -1.27. The molecular formula is C5H10N2O2Y-2. The van der Waals surface area contributed by atoms with Crippen molar-refractivity contribution in [2.45, 2.75) is 6.42 Å². The molecular weight excluding hydrogens is 209 g/mol. The zero-order valence-electron chi connectivity index (χ0n) is 6.10. The minimum atomic E-state index is -0.857. The van der Waals surface area contributed by atoms with E-state index in [0.29, 0.717) is 0 Å². The van der Waals surface area contributed by atoms with Gasteiger partial charge < -0.3 is 23.3 Å². The Bertz CT molecular complexity index is 116. The Balaban J connectivity index is -0.000000245. The number of hydrogen-bond acceptors (Lipinski definition) is 2. The molecule has 0 aliphatic rings. The summed E-state index contributed by atoms with van der Waals surface area (Å²) in [5, 5.41) is 2.22. The molecule has 57 valence electrons. The third-order valence-electron chi connectivity index (χ3n) is 0.600. The third-order valence-corrected chi connectivity index (χ3v) is 0.600. The molecule has 1 radical (unpaired) electrons. The SMILES string of the molecule is CNC(=O)CC([NH-])=O.[CH3-].[Y]. The van der Waals surface area contributed by atoms with E-state index in [0.717, 1.165) is 0 Å². The van der Waals surface area contributed by atoms with Gasteiger partial charge >= 0.3 is 0 Å². The predicted molar refractivity (Wildman–Crippen MR) is 34.4 cm³/mol. The number of hydrogen-bond donors (Lipinski definition) is 1. The number of carbonyl (C=O) groups excluding carboxylic acids is 2. The maximum Gasteiger partial charge on any atom is 0.225 e. The van der Waals surface area contributed by atoms with Crippen molar-refractivity contribution >= 4 is 11.8 Å². The van der Waals surface area contributed by atoms with E-state index in [1.807, 2.05) is 0 Å². The van der Waals surface area contributed by atoms with Crippen LogP contribution in [0.4, 0.5) is 0 Å². The van der Waals surface area contributed by atoms with Crippen molar-refractivity contribution in [3.63, 3.8) is 0 Å². The van der Waals surface area contributed by atoms with Crippen molar-refractivity contribution in [2.24, 2.45) is 0 Å². The smallest absolute Gasteiger partial charge is 0.225 e. The van der Waals surface area contributed by atoms with Crippen molar-refractivity contribution in [3.05, 3.63) is 13.2 Å². The summed E-state index contributed by atoms with van der Waals surface area (Å²) in [7, 11) is 1.42. The molecule has 4 nitrogen and oxygen atoms in total. The summed E-state index contributed by atoms with van der Waals surface area (Å²) in [6, 6.07) is 0. The van der Waals surface area contributed by atoms with Gasteiger partial charge in [0.25, 0.3) is 0 Å². The van der Waals surface area contributed by atoms with Gasteiger partial charge in [-0.1, -0.05) is 0 Å². The van der Waals surface area contributed by atoms with Gasteiger partial charge in [0.1, 0.15) is 0 Å². The average Bonchev–Trinajstić information content (AvgIpc) is 1.65. The molecule has 0 aromatic carbocycles. The zero-order chi connectivity index (χ0) is 6.57. The molecule has 5 heteroatoms. The van der Waals surface area contributed by atoms with Crippen LogP contribution in [0.1, 0.15) is 6.42 Å². The van der Waals surface area contributed by atoms with Gasteiger partial charge in [-0.2, -0.15) is 0 Å². The largest absolute Gasteiger partial charge is 0.667 e. The quantitative estimate of drug-likeness (QED) is 0.530. The van der Waals surface area contributed by atoms with Crippen LogP contribution < -0.4 is 5.32 Å². The average molecular weight is 219 g/mol. The predicted octanol–water partition coefficient (Wildman–Crippen LogP) is 0.149. The normalized spacial score (nSPS) is 6.50. The minimum Gasteiger partial charge on any atom is -0.667 e. The summed E-state index contributed by atoms with van der Waals surface area (Å²) in [4.78, 5) is 20.0. The van der Waals surface area contributed by atoms with Crippen molar-refractivity contribution < 1.29 is 42.3 Å². The minimum absolute atomic E-state index is 0. The maximum atomic E-state index is 10.2. The summed E-state index contributed by atoms with van der Waals surface area (Å²) in [6.07, 6.45) is -0.337. The second kappa shape index (κ2) is 9.04. The number of carbonyl (C=O) groups is 2. The number of rotatable bonds is 2. The molecule has 0 unspecified atom stereocenters. The first-order valence-corrected chi connectivity index (χ1v) is 2.12. The van der Waals surface area contributed by atoms with Crippen LogP contribution in [0.2, 0.25) is 0 Å². The van der Waals surface area contributed by atoms with Gasteiger partial charge in [0, 0.05) is 39.8 Å². The van der Waals surface area contributed by atoms with Crippen molar-refractivity contribution in [3.8, 4) is 0 Å². The fourth-order valence-corrected chi connectivity index (χ4v) is 0.234. The third kappa shape index (κ3) is 10.9. The first-order chi connectivity index (χ1) is 3.66. The number of amides is 2. The molecule has 0 aromatic heterocycles. The molecule has 0 bridgehead atoms. The standard InChI is InChI=1S/C4H8N2O2.CH3.Y/c1-6-4(8)2-3(5)7;;/h2H2,1H3,(H3,5,6,7,8);1H3;/q;-1;/p-1. The summed E-state index contributed by atoms with van der Waals surface area (Å²) < 4.78 is 0. The monoisotopic (exact) mass is 219 g/mol. The summed E-state index contributed by atoms with van der Waals surface area (Å²) >= 11 is 0. The maximum absolute atomic E-state index is 10.2. The van der Waals surface area contributed by atoms with E-state index >= 15 is 0 Å². The summed E-state index contributed by atoms with van der Waals surface area (Å²) in [6.45, 7) is 0. The van der Waals surface area contributed by atoms with Crippen molar-refractivity contribution in [1.29, 1.82) is 0 Å². The molecule has 2 N–H and O–H groups in total. The second-order valence-electron chi connectivity index (χ2n) is 1.27. The van der Waals surface area contributed by atoms with Crippen LogP contribution in [0.25, 0.3) is 5.73 Å². The Hall–Kier alpha value is 0.0439. The molecule has 2 amide bonds. The van der Waals surface area contributed by atoms with Crippen LogP contribution in [-0.4, -0.2) is 18.9 Å². The van der Waals surface area contributed by atoms with E-state index < -0.39 is 11.8 Å². The Morgan fingerprint density at radius 1 is 1.50 bits per heavy atom. The van der Waals surface area contributed by atoms with Gasteiger partial charge in [-0.25, -0.2) is 0 Å². The molecule has 0 aromatic rings. The van der Waals surface area contributed by atoms with E-state index in [9.17, 15) is 9.59 Å². The molecule has 0 saturated carbocycles. The van der Waals surface area contributed by atoms with E-state index in [4.69, 9.17) is 5.73 Å². The van der Waals surface area contributed by atoms with Gasteiger partial charge in [-0.3, -0.25) is 4.79 Å². The van der Waals surface area contributed by atoms with Crippen LogP contribution >= 0.6 is 0 Å². The van der Waals surface area contributed by atoms with E-state index in [2.05, 4.69) is 5.32 Å². The molecule has 0 atom stereocenters. The van der Waals surface area contributed by atoms with Gasteiger partial charge in [-0.15, -0.1) is 0 Å². The Morgan fingerprint density at radius 3 is 2.00 bits per heavy atom. The fraction of sp³-hybridized carbons (Fsp3) is 0.400. The summed E-state index contributed by atoms with van der Waals surface area (Å²) in [5.41, 5.74) is 6.31. The van der Waals surface area contributed by atoms with Crippen LogP contribution in [0, 0.1) is 7.43 Å². The molecule has 0 aliphatic carbocycles. The van der Waals surface area contributed by atoms with Crippen LogP contribution in [0.5, 0.6) is 0 Å². The molecule has 10 heavy (non-hydrogen) atoms. The Morgan fingerprint density at radius 2 is 1.90 bits per heavy atom. The topological polar surface area (TPSA) is 70.0 Å². The van der Waals surface area contributed by atoms with Gasteiger partial charge in [-0.05, 0) is 0 Å². The molecule has 0 saturated heterocycles. The van der Waals surface area contributed by atoms with Crippen LogP contribution in [-0.2, 0) is 42.3 Å². The Kier molecular flexibility index (Phi) is 15.0. The molecule has 0 spiro atoms. The van der Waals surface area contributed by atoms with E-state index in [-0.39, 0.29) is 46.6 Å². The first kappa shape index (κ1) is 16.6. The fourth-order valence-electron chi connectivity index (χ4n) is 0.234. The molecule has 0 heterocycles. The van der Waals surface area contributed by atoms with Gasteiger partial charge in [0.15, 0.2) is 0 Å². The zero-order valence-corrected chi connectivity index (χ0v) is 8.94. The van der Waals surface area contributed by atoms with E-state index in [1.54, 1.807) is 0 Å². The number of nitrogens with one attached hydrogen (secondary N) is 2. The molecule has 0 rings (SSSR count). The first-order valence-electron chi connectivity index (χ1n) is 2.12. The van der Waals surface area contributed by atoms with Crippen LogP contribution in [0.3, 0.4) is 0 Å². The van der Waals surface area contributed by atoms with Crippen molar-refractivity contribution in [1.82, 2.24) is 5.32 Å². The van der Waals surface area contributed by atoms with E-state index in [1.165, 1.54) is 7.05 Å².